The zero-order valence-electron chi connectivity index (χ0n) is 16.4. The minimum atomic E-state index is -0.898. The molecule has 0 aliphatic carbocycles. The molecule has 0 aromatic rings. The number of rotatable bonds is 12. The molecule has 4 amide bonds. The van der Waals surface area contributed by atoms with E-state index in [0.29, 0.717) is 18.8 Å². The molecule has 0 unspecified atom stereocenters. The van der Waals surface area contributed by atoms with Crippen molar-refractivity contribution in [2.24, 2.45) is 17.4 Å². The third kappa shape index (κ3) is 10.1. The van der Waals surface area contributed by atoms with Gasteiger partial charge < -0.3 is 32.7 Å². The molecule has 0 heterocycles. The third-order valence-corrected chi connectivity index (χ3v) is 3.72. The lowest BCUT2D eigenvalue weighted by atomic mass is 10.1. The molecule has 0 fully saturated rings. The second-order valence-corrected chi connectivity index (χ2v) is 6.67. The summed E-state index contributed by atoms with van der Waals surface area (Å²) in [5, 5.41) is 10.4. The molecule has 0 aliphatic rings. The van der Waals surface area contributed by atoms with E-state index in [-0.39, 0.29) is 18.2 Å². The van der Waals surface area contributed by atoms with Crippen LogP contribution < -0.4 is 32.7 Å². The molecule has 0 aromatic heterocycles. The summed E-state index contributed by atoms with van der Waals surface area (Å²) in [5.41, 5.74) is 10.6. The largest absolute Gasteiger partial charge is 0.386 e. The van der Waals surface area contributed by atoms with Crippen molar-refractivity contribution in [3.05, 3.63) is 12.4 Å². The van der Waals surface area contributed by atoms with Gasteiger partial charge in [-0.05, 0) is 26.7 Å². The van der Waals surface area contributed by atoms with Crippen molar-refractivity contribution in [1.29, 1.82) is 0 Å². The Morgan fingerprint density at radius 2 is 1.41 bits per heavy atom. The molecule has 0 radical (unpaired) electrons. The number of carbonyl (C=O) groups is 4. The lowest BCUT2D eigenvalue weighted by molar-refractivity contribution is -0.133. The SMILES string of the molecule is C=C(N)NCCC[C@H](NC(=O)[C@H](C)NC(=O)C(C)C)C(=O)N[C@@H](C)C(N)=O. The average molecular weight is 384 g/mol. The number of nitrogens with two attached hydrogens (primary N) is 2. The Labute approximate surface area is 159 Å². The van der Waals surface area contributed by atoms with E-state index >= 15 is 0 Å². The molecular weight excluding hydrogens is 352 g/mol. The van der Waals surface area contributed by atoms with Crippen molar-refractivity contribution in [3.8, 4) is 0 Å². The summed E-state index contributed by atoms with van der Waals surface area (Å²) in [6, 6.07) is -2.59. The Kier molecular flexibility index (Phi) is 10.6. The van der Waals surface area contributed by atoms with Gasteiger partial charge in [-0.15, -0.1) is 0 Å². The molecule has 10 nitrogen and oxygen atoms in total. The molecule has 0 bridgehead atoms. The van der Waals surface area contributed by atoms with E-state index in [1.807, 2.05) is 0 Å². The molecule has 27 heavy (non-hydrogen) atoms. The summed E-state index contributed by atoms with van der Waals surface area (Å²) < 4.78 is 0. The van der Waals surface area contributed by atoms with Crippen molar-refractivity contribution >= 4 is 23.6 Å². The molecule has 8 N–H and O–H groups in total. The van der Waals surface area contributed by atoms with Crippen molar-refractivity contribution in [2.45, 2.75) is 58.7 Å². The van der Waals surface area contributed by atoms with Crippen LogP contribution in [-0.2, 0) is 19.2 Å². The van der Waals surface area contributed by atoms with E-state index < -0.39 is 35.8 Å². The minimum absolute atomic E-state index is 0.272. The molecule has 0 saturated heterocycles. The molecule has 0 aromatic carbocycles. The van der Waals surface area contributed by atoms with Crippen LogP contribution in [-0.4, -0.2) is 48.3 Å². The highest BCUT2D eigenvalue weighted by molar-refractivity contribution is 5.93. The number of hydrogen-bond acceptors (Lipinski definition) is 6. The first-order valence-electron chi connectivity index (χ1n) is 8.84. The average Bonchev–Trinajstić information content (AvgIpc) is 2.56. The molecule has 0 saturated carbocycles. The van der Waals surface area contributed by atoms with Gasteiger partial charge in [-0.2, -0.15) is 0 Å². The summed E-state index contributed by atoms with van der Waals surface area (Å²) >= 11 is 0. The number of carbonyl (C=O) groups excluding carboxylic acids is 4. The smallest absolute Gasteiger partial charge is 0.243 e. The van der Waals surface area contributed by atoms with Gasteiger partial charge >= 0.3 is 0 Å². The van der Waals surface area contributed by atoms with E-state index in [2.05, 4.69) is 27.8 Å². The number of amides is 4. The van der Waals surface area contributed by atoms with Gasteiger partial charge in [0.1, 0.15) is 18.1 Å². The second kappa shape index (κ2) is 11.8. The standard InChI is InChI=1S/C17H32N6O4/c1-9(2)15(25)22-11(4)16(26)23-13(7-6-8-20-12(5)18)17(27)21-10(3)14(19)24/h9-11,13,20H,5-8,18H2,1-4H3,(H2,19,24)(H,21,27)(H,22,25)(H,23,26)/t10-,11-,13-/m0/s1. The normalized spacial score (nSPS) is 13.8. The summed E-state index contributed by atoms with van der Waals surface area (Å²) in [7, 11) is 0. The summed E-state index contributed by atoms with van der Waals surface area (Å²) in [5.74, 6) is -1.98. The van der Waals surface area contributed by atoms with Crippen LogP contribution >= 0.6 is 0 Å². The van der Waals surface area contributed by atoms with Gasteiger partial charge in [-0.1, -0.05) is 20.4 Å². The molecule has 10 heteroatoms. The van der Waals surface area contributed by atoms with Crippen molar-refractivity contribution in [2.75, 3.05) is 6.54 Å². The lowest BCUT2D eigenvalue weighted by Gasteiger charge is -2.23. The van der Waals surface area contributed by atoms with Crippen LogP contribution in [0.2, 0.25) is 0 Å². The zero-order chi connectivity index (χ0) is 21.1. The van der Waals surface area contributed by atoms with Crippen molar-refractivity contribution in [1.82, 2.24) is 21.3 Å². The van der Waals surface area contributed by atoms with Crippen LogP contribution in [0.25, 0.3) is 0 Å². The minimum Gasteiger partial charge on any atom is -0.386 e. The first-order valence-corrected chi connectivity index (χ1v) is 8.84. The monoisotopic (exact) mass is 384 g/mol. The van der Waals surface area contributed by atoms with Gasteiger partial charge in [0.25, 0.3) is 0 Å². The van der Waals surface area contributed by atoms with E-state index in [4.69, 9.17) is 11.5 Å². The fraction of sp³-hybridized carbons (Fsp3) is 0.647. The Morgan fingerprint density at radius 1 is 0.852 bits per heavy atom. The number of hydrogen-bond donors (Lipinski definition) is 6. The summed E-state index contributed by atoms with van der Waals surface area (Å²) in [6.45, 7) is 10.4. The topological polar surface area (TPSA) is 168 Å². The molecule has 154 valence electrons. The number of nitrogens with one attached hydrogen (secondary N) is 4. The first kappa shape index (κ1) is 24.2. The van der Waals surface area contributed by atoms with Crippen LogP contribution in [0.5, 0.6) is 0 Å². The lowest BCUT2D eigenvalue weighted by Crippen LogP contribution is -2.55. The van der Waals surface area contributed by atoms with Crippen LogP contribution in [0, 0.1) is 5.92 Å². The van der Waals surface area contributed by atoms with Gasteiger partial charge in [0.2, 0.25) is 23.6 Å². The highest BCUT2D eigenvalue weighted by atomic mass is 16.2. The van der Waals surface area contributed by atoms with Gasteiger partial charge in [0.15, 0.2) is 0 Å². The van der Waals surface area contributed by atoms with Crippen LogP contribution in [0.15, 0.2) is 12.4 Å². The fourth-order valence-electron chi connectivity index (χ4n) is 1.95. The van der Waals surface area contributed by atoms with E-state index in [1.165, 1.54) is 13.8 Å². The maximum absolute atomic E-state index is 12.4. The van der Waals surface area contributed by atoms with Crippen LogP contribution in [0.3, 0.4) is 0 Å². The van der Waals surface area contributed by atoms with Crippen LogP contribution in [0.1, 0.15) is 40.5 Å². The Hall–Kier alpha value is -2.78. The summed E-state index contributed by atoms with van der Waals surface area (Å²) in [6.07, 6.45) is 0.792. The number of primary amides is 1. The van der Waals surface area contributed by atoms with Gasteiger partial charge in [-0.25, -0.2) is 0 Å². The zero-order valence-corrected chi connectivity index (χ0v) is 16.4. The van der Waals surface area contributed by atoms with E-state index in [1.54, 1.807) is 13.8 Å². The highest BCUT2D eigenvalue weighted by Crippen LogP contribution is 2.01. The second-order valence-electron chi connectivity index (χ2n) is 6.67. The Morgan fingerprint density at radius 3 is 1.89 bits per heavy atom. The Bertz CT molecular complexity index is 564. The predicted octanol–water partition coefficient (Wildman–Crippen LogP) is -1.58. The maximum atomic E-state index is 12.4. The summed E-state index contributed by atoms with van der Waals surface area (Å²) in [4.78, 5) is 47.6. The maximum Gasteiger partial charge on any atom is 0.243 e. The van der Waals surface area contributed by atoms with E-state index in [0.717, 1.165) is 0 Å². The quantitative estimate of drug-likeness (QED) is 0.222. The van der Waals surface area contributed by atoms with Gasteiger partial charge in [0.05, 0.1) is 5.82 Å². The van der Waals surface area contributed by atoms with Crippen molar-refractivity contribution < 1.29 is 19.2 Å². The molecular formula is C17H32N6O4. The molecule has 0 aliphatic heterocycles. The predicted molar refractivity (Wildman–Crippen MR) is 102 cm³/mol. The highest BCUT2D eigenvalue weighted by Gasteiger charge is 2.26. The fourth-order valence-corrected chi connectivity index (χ4v) is 1.95. The molecule has 0 spiro atoms. The molecule has 0 rings (SSSR count). The van der Waals surface area contributed by atoms with Crippen molar-refractivity contribution in [3.63, 3.8) is 0 Å². The first-order chi connectivity index (χ1) is 12.5. The third-order valence-electron chi connectivity index (χ3n) is 3.72. The van der Waals surface area contributed by atoms with Gasteiger partial charge in [0, 0.05) is 12.5 Å². The Balaban J connectivity index is 4.91. The van der Waals surface area contributed by atoms with Crippen LogP contribution in [0.4, 0.5) is 0 Å². The van der Waals surface area contributed by atoms with E-state index in [9.17, 15) is 19.2 Å². The van der Waals surface area contributed by atoms with Gasteiger partial charge in [-0.3, -0.25) is 19.2 Å². The molecule has 3 atom stereocenters.